The lowest BCUT2D eigenvalue weighted by molar-refractivity contribution is 0.0981. The van der Waals surface area contributed by atoms with Crippen LogP contribution in [0.4, 0.5) is 0 Å². The number of aliphatic hydroxyl groups is 1. The monoisotopic (exact) mass is 222 g/mol. The first-order chi connectivity index (χ1) is 7.70. The summed E-state index contributed by atoms with van der Waals surface area (Å²) in [5.74, 6) is 0.436. The summed E-state index contributed by atoms with van der Waals surface area (Å²) in [4.78, 5) is 0. The molecule has 1 aliphatic rings. The van der Waals surface area contributed by atoms with E-state index in [9.17, 15) is 5.11 Å². The van der Waals surface area contributed by atoms with Gasteiger partial charge in [-0.15, -0.1) is 0 Å². The summed E-state index contributed by atoms with van der Waals surface area (Å²) in [5, 5.41) is 14.6. The van der Waals surface area contributed by atoms with E-state index in [0.717, 1.165) is 24.1 Å². The van der Waals surface area contributed by atoms with Gasteiger partial charge in [0, 0.05) is 18.3 Å². The molecule has 90 valence electrons. The molecule has 3 nitrogen and oxygen atoms in total. The zero-order chi connectivity index (χ0) is 11.5. The summed E-state index contributed by atoms with van der Waals surface area (Å²) in [6.45, 7) is 2.03. The number of aryl methyl sites for hydroxylation is 1. The van der Waals surface area contributed by atoms with Crippen LogP contribution in [-0.4, -0.2) is 14.9 Å². The van der Waals surface area contributed by atoms with Crippen molar-refractivity contribution >= 4 is 0 Å². The number of rotatable bonds is 2. The van der Waals surface area contributed by atoms with Crippen molar-refractivity contribution in [2.75, 3.05) is 0 Å². The van der Waals surface area contributed by atoms with Gasteiger partial charge in [0.25, 0.3) is 0 Å². The maximum Gasteiger partial charge on any atom is 0.0851 e. The zero-order valence-corrected chi connectivity index (χ0v) is 10.3. The third kappa shape index (κ3) is 2.29. The van der Waals surface area contributed by atoms with Crippen molar-refractivity contribution in [3.8, 4) is 0 Å². The van der Waals surface area contributed by atoms with Gasteiger partial charge in [-0.25, -0.2) is 0 Å². The van der Waals surface area contributed by atoms with Crippen molar-refractivity contribution in [1.82, 2.24) is 9.78 Å². The fourth-order valence-electron chi connectivity index (χ4n) is 2.69. The first kappa shape index (κ1) is 11.6. The molecule has 1 aliphatic carbocycles. The molecular formula is C13H22N2O. The Kier molecular flexibility index (Phi) is 3.64. The minimum Gasteiger partial charge on any atom is -0.388 e. The largest absolute Gasteiger partial charge is 0.388 e. The van der Waals surface area contributed by atoms with Crippen molar-refractivity contribution in [2.45, 2.75) is 51.6 Å². The highest BCUT2D eigenvalue weighted by atomic mass is 16.3. The molecule has 1 heterocycles. The SMILES string of the molecule is Cc1c(C(O)C2CCCCCC2)cnn1C. The van der Waals surface area contributed by atoms with Crippen molar-refractivity contribution < 1.29 is 5.11 Å². The Morgan fingerprint density at radius 3 is 2.44 bits per heavy atom. The first-order valence-corrected chi connectivity index (χ1v) is 6.36. The predicted molar refractivity (Wildman–Crippen MR) is 64.1 cm³/mol. The normalized spacial score (nSPS) is 20.7. The van der Waals surface area contributed by atoms with Crippen LogP contribution in [0.3, 0.4) is 0 Å². The molecule has 1 N–H and O–H groups in total. The Balaban J connectivity index is 2.11. The molecule has 3 heteroatoms. The maximum absolute atomic E-state index is 10.4. The quantitative estimate of drug-likeness (QED) is 0.781. The highest BCUT2D eigenvalue weighted by Crippen LogP contribution is 2.34. The lowest BCUT2D eigenvalue weighted by Gasteiger charge is -2.21. The van der Waals surface area contributed by atoms with E-state index in [2.05, 4.69) is 5.10 Å². The third-order valence-electron chi connectivity index (χ3n) is 3.94. The fourth-order valence-corrected chi connectivity index (χ4v) is 2.69. The molecule has 1 saturated carbocycles. The molecule has 0 amide bonds. The smallest absolute Gasteiger partial charge is 0.0851 e. The van der Waals surface area contributed by atoms with E-state index >= 15 is 0 Å². The molecule has 1 atom stereocenters. The van der Waals surface area contributed by atoms with Crippen LogP contribution in [0, 0.1) is 12.8 Å². The van der Waals surface area contributed by atoms with Gasteiger partial charge in [-0.05, 0) is 25.7 Å². The van der Waals surface area contributed by atoms with Gasteiger partial charge >= 0.3 is 0 Å². The number of aliphatic hydroxyl groups excluding tert-OH is 1. The van der Waals surface area contributed by atoms with Crippen LogP contribution in [-0.2, 0) is 7.05 Å². The number of aromatic nitrogens is 2. The van der Waals surface area contributed by atoms with Gasteiger partial charge in [0.05, 0.1) is 12.3 Å². The number of hydrogen-bond acceptors (Lipinski definition) is 2. The van der Waals surface area contributed by atoms with Crippen LogP contribution < -0.4 is 0 Å². The highest BCUT2D eigenvalue weighted by molar-refractivity contribution is 5.19. The molecule has 0 saturated heterocycles. The fraction of sp³-hybridized carbons (Fsp3) is 0.769. The van der Waals surface area contributed by atoms with Crippen LogP contribution in [0.5, 0.6) is 0 Å². The van der Waals surface area contributed by atoms with Crippen LogP contribution in [0.1, 0.15) is 55.9 Å². The molecule has 1 aromatic heterocycles. The molecule has 0 aliphatic heterocycles. The molecule has 16 heavy (non-hydrogen) atoms. The van der Waals surface area contributed by atoms with Gasteiger partial charge in [0.2, 0.25) is 0 Å². The van der Waals surface area contributed by atoms with E-state index in [1.807, 2.05) is 24.9 Å². The lowest BCUT2D eigenvalue weighted by Crippen LogP contribution is -2.12. The first-order valence-electron chi connectivity index (χ1n) is 6.36. The summed E-state index contributed by atoms with van der Waals surface area (Å²) in [6.07, 6.45) is 9.02. The molecule has 0 radical (unpaired) electrons. The molecule has 2 rings (SSSR count). The maximum atomic E-state index is 10.4. The summed E-state index contributed by atoms with van der Waals surface area (Å²) in [5.41, 5.74) is 2.12. The van der Waals surface area contributed by atoms with E-state index in [0.29, 0.717) is 5.92 Å². The second-order valence-corrected chi connectivity index (χ2v) is 5.01. The summed E-state index contributed by atoms with van der Waals surface area (Å²) >= 11 is 0. The topological polar surface area (TPSA) is 38.1 Å². The predicted octanol–water partition coefficient (Wildman–Crippen LogP) is 2.73. The van der Waals surface area contributed by atoms with Gasteiger partial charge in [-0.3, -0.25) is 4.68 Å². The number of nitrogens with zero attached hydrogens (tertiary/aromatic N) is 2. The molecular weight excluding hydrogens is 200 g/mol. The molecule has 1 aromatic rings. The third-order valence-corrected chi connectivity index (χ3v) is 3.94. The Morgan fingerprint density at radius 1 is 1.31 bits per heavy atom. The number of hydrogen-bond donors (Lipinski definition) is 1. The standard InChI is InChI=1S/C13H22N2O/c1-10-12(9-14-15(10)2)13(16)11-7-5-3-4-6-8-11/h9,11,13,16H,3-8H2,1-2H3. The summed E-state index contributed by atoms with van der Waals surface area (Å²) in [6, 6.07) is 0. The molecule has 0 aromatic carbocycles. The average Bonchev–Trinajstić information content (AvgIpc) is 2.53. The second-order valence-electron chi connectivity index (χ2n) is 5.01. The van der Waals surface area contributed by atoms with Crippen LogP contribution >= 0.6 is 0 Å². The Bertz CT molecular complexity index is 338. The van der Waals surface area contributed by atoms with Crippen molar-refractivity contribution in [2.24, 2.45) is 13.0 Å². The second kappa shape index (κ2) is 5.00. The van der Waals surface area contributed by atoms with E-state index in [4.69, 9.17) is 0 Å². The minimum atomic E-state index is -0.313. The van der Waals surface area contributed by atoms with Gasteiger partial charge in [-0.1, -0.05) is 25.7 Å². The van der Waals surface area contributed by atoms with Crippen LogP contribution in [0.2, 0.25) is 0 Å². The van der Waals surface area contributed by atoms with Gasteiger partial charge < -0.3 is 5.11 Å². The van der Waals surface area contributed by atoms with Crippen LogP contribution in [0.25, 0.3) is 0 Å². The van der Waals surface area contributed by atoms with Crippen molar-refractivity contribution in [3.05, 3.63) is 17.5 Å². The average molecular weight is 222 g/mol. The summed E-state index contributed by atoms with van der Waals surface area (Å²) < 4.78 is 1.84. The van der Waals surface area contributed by atoms with Crippen molar-refractivity contribution in [3.63, 3.8) is 0 Å². The van der Waals surface area contributed by atoms with Crippen LogP contribution in [0.15, 0.2) is 6.20 Å². The minimum absolute atomic E-state index is 0.313. The van der Waals surface area contributed by atoms with Gasteiger partial charge in [-0.2, -0.15) is 5.10 Å². The zero-order valence-electron chi connectivity index (χ0n) is 10.3. The Labute approximate surface area is 97.5 Å². The molecule has 1 unspecified atom stereocenters. The van der Waals surface area contributed by atoms with E-state index in [1.54, 1.807) is 0 Å². The highest BCUT2D eigenvalue weighted by Gasteiger charge is 2.24. The molecule has 0 spiro atoms. The lowest BCUT2D eigenvalue weighted by atomic mass is 9.90. The Morgan fingerprint density at radius 2 is 1.94 bits per heavy atom. The molecule has 1 fully saturated rings. The van der Waals surface area contributed by atoms with Gasteiger partial charge in [0.15, 0.2) is 0 Å². The van der Waals surface area contributed by atoms with Crippen molar-refractivity contribution in [1.29, 1.82) is 0 Å². The van der Waals surface area contributed by atoms with E-state index in [1.165, 1.54) is 25.7 Å². The molecule has 0 bridgehead atoms. The summed E-state index contributed by atoms with van der Waals surface area (Å²) in [7, 11) is 1.93. The van der Waals surface area contributed by atoms with E-state index in [-0.39, 0.29) is 6.10 Å². The van der Waals surface area contributed by atoms with E-state index < -0.39 is 0 Å². The van der Waals surface area contributed by atoms with Gasteiger partial charge in [0.1, 0.15) is 0 Å². The Hall–Kier alpha value is -0.830.